The predicted octanol–water partition coefficient (Wildman–Crippen LogP) is 3.07. The van der Waals surface area contributed by atoms with E-state index in [1.54, 1.807) is 24.3 Å². The average Bonchev–Trinajstić information content (AvgIpc) is 2.78. The van der Waals surface area contributed by atoms with Crippen LogP contribution < -0.4 is 10.1 Å². The third-order valence-corrected chi connectivity index (χ3v) is 6.74. The van der Waals surface area contributed by atoms with Crippen LogP contribution in [0.5, 0.6) is 5.75 Å². The summed E-state index contributed by atoms with van der Waals surface area (Å²) < 4.78 is 44.8. The van der Waals surface area contributed by atoms with E-state index in [1.807, 2.05) is 0 Å². The van der Waals surface area contributed by atoms with Crippen molar-refractivity contribution in [2.75, 3.05) is 23.9 Å². The van der Waals surface area contributed by atoms with Gasteiger partial charge in [0, 0.05) is 0 Å². The third kappa shape index (κ3) is 7.73. The highest BCUT2D eigenvalue weighted by molar-refractivity contribution is 7.92. The molecule has 1 unspecified atom stereocenters. The summed E-state index contributed by atoms with van der Waals surface area (Å²) in [7, 11) is -2.35. The maximum atomic E-state index is 12.5. The van der Waals surface area contributed by atoms with E-state index in [4.69, 9.17) is 9.99 Å². The van der Waals surface area contributed by atoms with Crippen LogP contribution in [0.3, 0.4) is 0 Å². The summed E-state index contributed by atoms with van der Waals surface area (Å²) in [5, 5.41) is 31.3. The Bertz CT molecular complexity index is 1160. The van der Waals surface area contributed by atoms with E-state index in [1.165, 1.54) is 38.3 Å². The number of hydrogen-bond donors (Lipinski definition) is 3. The fourth-order valence-corrected chi connectivity index (χ4v) is 4.75. The zero-order valence-electron chi connectivity index (χ0n) is 17.5. The van der Waals surface area contributed by atoms with E-state index >= 15 is 0 Å². The topological polar surface area (TPSA) is 173 Å². The van der Waals surface area contributed by atoms with Crippen LogP contribution in [0.15, 0.2) is 75.1 Å². The Morgan fingerprint density at radius 2 is 1.82 bits per heavy atom. The standard InChI is InChI=1S/C19H21N3O9S2/c1-13(23)18(19(24)20-16-5-3-4-6-17(16)29-2)22-21-14-7-9-15(10-8-14)33(27,28)12-11-32(26)31-30-25/h3-10,23,25H,11-12H2,1-2H3,(H,20,24)/b18-13+,22-21?. The van der Waals surface area contributed by atoms with Gasteiger partial charge in [-0.25, -0.2) is 17.9 Å². The van der Waals surface area contributed by atoms with Crippen molar-refractivity contribution in [2.45, 2.75) is 11.8 Å². The molecule has 14 heteroatoms. The van der Waals surface area contributed by atoms with E-state index in [0.29, 0.717) is 11.4 Å². The zero-order chi connectivity index (χ0) is 24.4. The number of aliphatic hydroxyl groups excluding tert-OH is 1. The van der Waals surface area contributed by atoms with Crippen LogP contribution in [-0.4, -0.2) is 47.5 Å². The molecule has 0 aromatic heterocycles. The smallest absolute Gasteiger partial charge is 0.279 e. The first kappa shape index (κ1) is 26.1. The first-order chi connectivity index (χ1) is 15.7. The van der Waals surface area contributed by atoms with Gasteiger partial charge in [-0.3, -0.25) is 4.79 Å². The normalized spacial score (nSPS) is 13.4. The number of nitrogens with zero attached hydrogens (tertiary/aromatic N) is 2. The molecule has 0 aliphatic carbocycles. The number of methoxy groups -OCH3 is 1. The quantitative estimate of drug-likeness (QED) is 0.138. The molecule has 2 rings (SSSR count). The zero-order valence-corrected chi connectivity index (χ0v) is 19.1. The van der Waals surface area contributed by atoms with E-state index < -0.39 is 38.3 Å². The average molecular weight is 500 g/mol. The van der Waals surface area contributed by atoms with Gasteiger partial charge in [0.05, 0.1) is 34.9 Å². The number of sulfone groups is 1. The van der Waals surface area contributed by atoms with E-state index in [-0.39, 0.29) is 22.0 Å². The second-order valence-corrected chi connectivity index (χ2v) is 9.51. The van der Waals surface area contributed by atoms with E-state index in [2.05, 4.69) is 24.9 Å². The number of rotatable bonds is 11. The van der Waals surface area contributed by atoms with E-state index in [9.17, 15) is 22.5 Å². The largest absolute Gasteiger partial charge is 0.510 e. The highest BCUT2D eigenvalue weighted by Crippen LogP contribution is 2.25. The second-order valence-electron chi connectivity index (χ2n) is 6.25. The van der Waals surface area contributed by atoms with Gasteiger partial charge in [0.15, 0.2) is 26.6 Å². The number of anilines is 1. The van der Waals surface area contributed by atoms with Gasteiger partial charge in [0.2, 0.25) is 0 Å². The Kier molecular flexibility index (Phi) is 9.62. The number of ether oxygens (including phenoxy) is 1. The minimum atomic E-state index is -3.80. The van der Waals surface area contributed by atoms with Crippen molar-refractivity contribution >= 4 is 38.2 Å². The number of nitrogens with one attached hydrogen (secondary N) is 1. The molecule has 0 heterocycles. The highest BCUT2D eigenvalue weighted by atomic mass is 32.2. The summed E-state index contributed by atoms with van der Waals surface area (Å²) in [4.78, 5) is 12.4. The Labute approximate surface area is 192 Å². The molecule has 0 saturated heterocycles. The summed E-state index contributed by atoms with van der Waals surface area (Å²) in [5.41, 5.74) is 0.218. The first-order valence-electron chi connectivity index (χ1n) is 9.13. The molecular formula is C19H21N3O9S2. The molecule has 0 saturated carbocycles. The monoisotopic (exact) mass is 499 g/mol. The number of carbonyl (C=O) groups excluding carboxylic acids is 1. The van der Waals surface area contributed by atoms with Crippen LogP contribution in [0.1, 0.15) is 6.92 Å². The molecule has 1 atom stereocenters. The van der Waals surface area contributed by atoms with Crippen LogP contribution in [-0.2, 0) is 35.1 Å². The maximum absolute atomic E-state index is 12.5. The molecule has 0 spiro atoms. The third-order valence-electron chi connectivity index (χ3n) is 4.00. The summed E-state index contributed by atoms with van der Waals surface area (Å²) in [6.45, 7) is 1.27. The van der Waals surface area contributed by atoms with Crippen molar-refractivity contribution in [2.24, 2.45) is 10.2 Å². The summed E-state index contributed by atoms with van der Waals surface area (Å²) in [6.07, 6.45) is 0. The molecule has 0 bridgehead atoms. The van der Waals surface area contributed by atoms with Crippen molar-refractivity contribution in [3.63, 3.8) is 0 Å². The fraction of sp³-hybridized carbons (Fsp3) is 0.211. The van der Waals surface area contributed by atoms with Gasteiger partial charge in [-0.15, -0.1) is 9.45 Å². The van der Waals surface area contributed by atoms with Gasteiger partial charge in [0.25, 0.3) is 5.91 Å². The molecule has 2 aromatic carbocycles. The van der Waals surface area contributed by atoms with Gasteiger partial charge in [-0.05, 0) is 43.3 Å². The molecule has 178 valence electrons. The van der Waals surface area contributed by atoms with Crippen LogP contribution >= 0.6 is 0 Å². The van der Waals surface area contributed by atoms with Crippen molar-refractivity contribution in [1.29, 1.82) is 0 Å². The second kappa shape index (κ2) is 12.2. The lowest BCUT2D eigenvalue weighted by Gasteiger charge is -2.10. The number of azo groups is 1. The molecule has 0 aliphatic heterocycles. The molecule has 3 N–H and O–H groups in total. The number of allylic oxidation sites excluding steroid dienone is 1. The Morgan fingerprint density at radius 3 is 2.42 bits per heavy atom. The van der Waals surface area contributed by atoms with Gasteiger partial charge >= 0.3 is 0 Å². The minimum absolute atomic E-state index is 0.0774. The van der Waals surface area contributed by atoms with E-state index in [0.717, 1.165) is 0 Å². The van der Waals surface area contributed by atoms with Gasteiger partial charge < -0.3 is 15.2 Å². The van der Waals surface area contributed by atoms with Gasteiger partial charge in [0.1, 0.15) is 11.5 Å². The highest BCUT2D eigenvalue weighted by Gasteiger charge is 2.18. The van der Waals surface area contributed by atoms with Crippen LogP contribution in [0.4, 0.5) is 11.4 Å². The molecule has 12 nitrogen and oxygen atoms in total. The van der Waals surface area contributed by atoms with Crippen LogP contribution in [0.2, 0.25) is 0 Å². The van der Waals surface area contributed by atoms with Crippen molar-refractivity contribution in [1.82, 2.24) is 0 Å². The first-order valence-corrected chi connectivity index (χ1v) is 12.0. The molecular weight excluding hydrogens is 478 g/mol. The predicted molar refractivity (Wildman–Crippen MR) is 118 cm³/mol. The molecule has 33 heavy (non-hydrogen) atoms. The molecule has 2 aromatic rings. The number of aliphatic hydroxyl groups is 1. The van der Waals surface area contributed by atoms with Crippen LogP contribution in [0, 0.1) is 0 Å². The lowest BCUT2D eigenvalue weighted by molar-refractivity contribution is -0.434. The molecule has 0 radical (unpaired) electrons. The Morgan fingerprint density at radius 1 is 1.15 bits per heavy atom. The van der Waals surface area contributed by atoms with Crippen molar-refractivity contribution in [3.8, 4) is 5.75 Å². The number of benzene rings is 2. The summed E-state index contributed by atoms with van der Waals surface area (Å²) >= 11 is -2.14. The summed E-state index contributed by atoms with van der Waals surface area (Å²) in [5.74, 6) is -1.65. The number of carbonyl (C=O) groups is 1. The lowest BCUT2D eigenvalue weighted by Crippen LogP contribution is -2.15. The lowest BCUT2D eigenvalue weighted by atomic mass is 10.2. The number of hydrogen-bond acceptors (Lipinski definition) is 11. The molecule has 0 aliphatic rings. The Balaban J connectivity index is 2.12. The number of para-hydroxylation sites is 2. The molecule has 0 fully saturated rings. The van der Waals surface area contributed by atoms with Crippen molar-refractivity contribution < 1.29 is 41.9 Å². The number of amides is 1. The fourth-order valence-electron chi connectivity index (χ4n) is 2.40. The Hall–Kier alpha value is -3.17. The van der Waals surface area contributed by atoms with Crippen LogP contribution in [0.25, 0.3) is 0 Å². The maximum Gasteiger partial charge on any atom is 0.279 e. The molecule has 1 amide bonds. The van der Waals surface area contributed by atoms with Gasteiger partial charge in [-0.1, -0.05) is 17.2 Å². The van der Waals surface area contributed by atoms with Gasteiger partial charge in [-0.2, -0.15) is 5.11 Å². The summed E-state index contributed by atoms with van der Waals surface area (Å²) in [6, 6.07) is 11.8. The minimum Gasteiger partial charge on any atom is -0.510 e. The van der Waals surface area contributed by atoms with Crippen molar-refractivity contribution in [3.05, 3.63) is 60.0 Å². The SMILES string of the molecule is COc1ccccc1NC(=O)/C(N=Nc1ccc(S(=O)(=O)CCS(=O)OOO)cc1)=C(/C)O.